The van der Waals surface area contributed by atoms with Gasteiger partial charge in [0.15, 0.2) is 5.82 Å². The number of aromatic nitrogens is 2. The maximum absolute atomic E-state index is 12.8. The molecule has 8 heteroatoms. The molecule has 0 aliphatic heterocycles. The second-order valence-corrected chi connectivity index (χ2v) is 7.33. The van der Waals surface area contributed by atoms with E-state index in [-0.39, 0.29) is 16.3 Å². The smallest absolute Gasteiger partial charge is 0.263 e. The van der Waals surface area contributed by atoms with Crippen molar-refractivity contribution in [3.05, 3.63) is 71.9 Å². The Bertz CT molecular complexity index is 1030. The molecule has 134 valence electrons. The van der Waals surface area contributed by atoms with Gasteiger partial charge >= 0.3 is 0 Å². The van der Waals surface area contributed by atoms with Crippen LogP contribution in [0.1, 0.15) is 15.9 Å². The van der Waals surface area contributed by atoms with E-state index in [4.69, 9.17) is 0 Å². The standard InChI is InChI=1S/C18H18N4O3S/c1-13-8-10-15(11-9-13)26(24,25)21-17-16(18(23)19-2)12-20-22(17)14-6-4-3-5-7-14/h3-12,21H,1-2H3,(H,19,23). The molecule has 0 bridgehead atoms. The molecule has 0 saturated heterocycles. The van der Waals surface area contributed by atoms with Gasteiger partial charge in [-0.2, -0.15) is 5.10 Å². The Balaban J connectivity index is 2.09. The molecule has 0 atom stereocenters. The normalized spacial score (nSPS) is 11.2. The minimum Gasteiger partial charge on any atom is -0.355 e. The van der Waals surface area contributed by atoms with Crippen LogP contribution in [-0.4, -0.2) is 31.2 Å². The molecule has 0 aliphatic carbocycles. The number of nitrogens with one attached hydrogen (secondary N) is 2. The third-order valence-electron chi connectivity index (χ3n) is 3.80. The summed E-state index contributed by atoms with van der Waals surface area (Å²) in [4.78, 5) is 12.3. The van der Waals surface area contributed by atoms with Crippen molar-refractivity contribution < 1.29 is 13.2 Å². The maximum Gasteiger partial charge on any atom is 0.263 e. The van der Waals surface area contributed by atoms with E-state index in [1.165, 1.54) is 30.1 Å². The quantitative estimate of drug-likeness (QED) is 0.721. The van der Waals surface area contributed by atoms with E-state index in [0.29, 0.717) is 5.69 Å². The average Bonchev–Trinajstić information content (AvgIpc) is 3.05. The number of aryl methyl sites for hydroxylation is 1. The molecule has 2 N–H and O–H groups in total. The number of amides is 1. The topological polar surface area (TPSA) is 93.1 Å². The number of rotatable bonds is 5. The summed E-state index contributed by atoms with van der Waals surface area (Å²) in [5, 5.41) is 6.67. The van der Waals surface area contributed by atoms with Crippen LogP contribution in [0, 0.1) is 6.92 Å². The molecule has 3 rings (SSSR count). The van der Waals surface area contributed by atoms with Crippen molar-refractivity contribution in [1.29, 1.82) is 0 Å². The number of nitrogens with zero attached hydrogens (tertiary/aromatic N) is 2. The fraction of sp³-hybridized carbons (Fsp3) is 0.111. The predicted molar refractivity (Wildman–Crippen MR) is 98.9 cm³/mol. The number of hydrogen-bond acceptors (Lipinski definition) is 4. The Morgan fingerprint density at radius 1 is 1.04 bits per heavy atom. The number of para-hydroxylation sites is 1. The van der Waals surface area contributed by atoms with Gasteiger partial charge in [-0.3, -0.25) is 9.52 Å². The van der Waals surface area contributed by atoms with E-state index in [1.54, 1.807) is 36.4 Å². The predicted octanol–water partition coefficient (Wildman–Crippen LogP) is 2.34. The molecule has 0 radical (unpaired) electrons. The van der Waals surface area contributed by atoms with Crippen LogP contribution in [-0.2, 0) is 10.0 Å². The summed E-state index contributed by atoms with van der Waals surface area (Å²) in [6, 6.07) is 15.4. The first-order valence-corrected chi connectivity index (χ1v) is 9.36. The zero-order chi connectivity index (χ0) is 18.7. The Morgan fingerprint density at radius 2 is 1.69 bits per heavy atom. The molecule has 0 fully saturated rings. The highest BCUT2D eigenvalue weighted by Crippen LogP contribution is 2.24. The fourth-order valence-corrected chi connectivity index (χ4v) is 3.48. The van der Waals surface area contributed by atoms with E-state index in [0.717, 1.165) is 5.56 Å². The van der Waals surface area contributed by atoms with Gasteiger partial charge < -0.3 is 5.32 Å². The van der Waals surface area contributed by atoms with Gasteiger partial charge in [0.1, 0.15) is 5.56 Å². The molecule has 0 unspecified atom stereocenters. The average molecular weight is 370 g/mol. The molecule has 3 aromatic rings. The van der Waals surface area contributed by atoms with E-state index in [2.05, 4.69) is 15.1 Å². The molecule has 0 spiro atoms. The molecule has 0 saturated carbocycles. The Morgan fingerprint density at radius 3 is 2.31 bits per heavy atom. The summed E-state index contributed by atoms with van der Waals surface area (Å²) >= 11 is 0. The van der Waals surface area contributed by atoms with Crippen molar-refractivity contribution in [2.45, 2.75) is 11.8 Å². The van der Waals surface area contributed by atoms with Crippen LogP contribution >= 0.6 is 0 Å². The highest BCUT2D eigenvalue weighted by atomic mass is 32.2. The number of carbonyl (C=O) groups excluding carboxylic acids is 1. The molecule has 7 nitrogen and oxygen atoms in total. The van der Waals surface area contributed by atoms with Crippen LogP contribution in [0.25, 0.3) is 5.69 Å². The minimum absolute atomic E-state index is 0.0797. The number of carbonyl (C=O) groups is 1. The summed E-state index contributed by atoms with van der Waals surface area (Å²) in [7, 11) is -2.41. The molecule has 1 amide bonds. The van der Waals surface area contributed by atoms with Gasteiger partial charge in [0, 0.05) is 7.05 Å². The van der Waals surface area contributed by atoms with Crippen molar-refractivity contribution >= 4 is 21.7 Å². The zero-order valence-electron chi connectivity index (χ0n) is 14.3. The van der Waals surface area contributed by atoms with E-state index in [1.807, 2.05) is 13.0 Å². The molecule has 26 heavy (non-hydrogen) atoms. The molecule has 1 aromatic heterocycles. The molecule has 2 aromatic carbocycles. The highest BCUT2D eigenvalue weighted by molar-refractivity contribution is 7.92. The Labute approximate surface area is 151 Å². The van der Waals surface area contributed by atoms with Gasteiger partial charge in [-0.25, -0.2) is 13.1 Å². The lowest BCUT2D eigenvalue weighted by atomic mass is 10.2. The Kier molecular flexibility index (Phi) is 4.77. The van der Waals surface area contributed by atoms with Gasteiger partial charge in [0.05, 0.1) is 16.8 Å². The van der Waals surface area contributed by atoms with E-state index in [9.17, 15) is 13.2 Å². The van der Waals surface area contributed by atoms with E-state index < -0.39 is 15.9 Å². The van der Waals surface area contributed by atoms with Gasteiger partial charge in [-0.1, -0.05) is 35.9 Å². The number of sulfonamides is 1. The minimum atomic E-state index is -3.89. The van der Waals surface area contributed by atoms with Crippen LogP contribution in [0.5, 0.6) is 0 Å². The molecular formula is C18H18N4O3S. The molecule has 1 heterocycles. The fourth-order valence-electron chi connectivity index (χ4n) is 2.42. The largest absolute Gasteiger partial charge is 0.355 e. The monoisotopic (exact) mass is 370 g/mol. The van der Waals surface area contributed by atoms with Gasteiger partial charge in [-0.15, -0.1) is 0 Å². The number of anilines is 1. The van der Waals surface area contributed by atoms with Gasteiger partial charge in [0.25, 0.3) is 15.9 Å². The summed E-state index contributed by atoms with van der Waals surface area (Å²) in [6.45, 7) is 1.87. The Hall–Kier alpha value is -3.13. The highest BCUT2D eigenvalue weighted by Gasteiger charge is 2.23. The summed E-state index contributed by atoms with van der Waals surface area (Å²) in [6.07, 6.45) is 1.33. The second-order valence-electron chi connectivity index (χ2n) is 5.65. The van der Waals surface area contributed by atoms with E-state index >= 15 is 0 Å². The third-order valence-corrected chi connectivity index (χ3v) is 5.16. The van der Waals surface area contributed by atoms with Crippen LogP contribution in [0.3, 0.4) is 0 Å². The van der Waals surface area contributed by atoms with Crippen molar-refractivity contribution in [1.82, 2.24) is 15.1 Å². The molecular weight excluding hydrogens is 352 g/mol. The first-order chi connectivity index (χ1) is 12.4. The van der Waals surface area contributed by atoms with Crippen molar-refractivity contribution in [3.8, 4) is 5.69 Å². The van der Waals surface area contributed by atoms with Crippen LogP contribution in [0.15, 0.2) is 65.7 Å². The number of hydrogen-bond donors (Lipinski definition) is 2. The first kappa shape index (κ1) is 17.7. The van der Waals surface area contributed by atoms with Gasteiger partial charge in [0.2, 0.25) is 0 Å². The zero-order valence-corrected chi connectivity index (χ0v) is 15.1. The lowest BCUT2D eigenvalue weighted by molar-refractivity contribution is 0.0964. The van der Waals surface area contributed by atoms with Crippen LogP contribution in [0.4, 0.5) is 5.82 Å². The van der Waals surface area contributed by atoms with Crippen LogP contribution in [0.2, 0.25) is 0 Å². The first-order valence-electron chi connectivity index (χ1n) is 7.87. The van der Waals surface area contributed by atoms with Crippen LogP contribution < -0.4 is 10.0 Å². The van der Waals surface area contributed by atoms with Gasteiger partial charge in [-0.05, 0) is 31.2 Å². The number of benzene rings is 2. The molecule has 0 aliphatic rings. The van der Waals surface area contributed by atoms with Crippen molar-refractivity contribution in [2.24, 2.45) is 0 Å². The second kappa shape index (κ2) is 7.01. The summed E-state index contributed by atoms with van der Waals surface area (Å²) < 4.78 is 29.4. The third kappa shape index (κ3) is 3.45. The summed E-state index contributed by atoms with van der Waals surface area (Å²) in [5.41, 5.74) is 1.71. The summed E-state index contributed by atoms with van der Waals surface area (Å²) in [5.74, 6) is -0.357. The lowest BCUT2D eigenvalue weighted by Crippen LogP contribution is -2.22. The van der Waals surface area contributed by atoms with Crippen molar-refractivity contribution in [3.63, 3.8) is 0 Å². The van der Waals surface area contributed by atoms with Crippen molar-refractivity contribution in [2.75, 3.05) is 11.8 Å². The maximum atomic E-state index is 12.8. The lowest BCUT2D eigenvalue weighted by Gasteiger charge is -2.12. The SMILES string of the molecule is CNC(=O)c1cnn(-c2ccccc2)c1NS(=O)(=O)c1ccc(C)cc1.